The maximum atomic E-state index is 12.0. The van der Waals surface area contributed by atoms with Gasteiger partial charge in [0, 0.05) is 15.7 Å². The van der Waals surface area contributed by atoms with Gasteiger partial charge in [0.25, 0.3) is 5.95 Å². The molecule has 3 aromatic rings. The highest BCUT2D eigenvalue weighted by Gasteiger charge is 2.28. The predicted octanol–water partition coefficient (Wildman–Crippen LogP) is 3.87. The molecule has 0 radical (unpaired) electrons. The van der Waals surface area contributed by atoms with E-state index in [9.17, 15) is 8.42 Å². The summed E-state index contributed by atoms with van der Waals surface area (Å²) < 4.78 is 34.6. The third kappa shape index (κ3) is 4.05. The second kappa shape index (κ2) is 8.11. The fourth-order valence-corrected chi connectivity index (χ4v) is 3.95. The van der Waals surface area contributed by atoms with Crippen molar-refractivity contribution in [1.29, 1.82) is 0 Å². The van der Waals surface area contributed by atoms with Crippen LogP contribution in [-0.2, 0) is 10.0 Å². The van der Waals surface area contributed by atoms with E-state index in [0.717, 1.165) is 21.3 Å². The van der Waals surface area contributed by atoms with Crippen LogP contribution < -0.4 is 14.8 Å². The summed E-state index contributed by atoms with van der Waals surface area (Å²) in [6, 6.07) is 15.2. The zero-order chi connectivity index (χ0) is 21.3. The number of nitrogens with one attached hydrogen (secondary N) is 2. The lowest BCUT2D eigenvalue weighted by molar-refractivity contribution is 0.404. The number of halogens is 1. The first-order valence-electron chi connectivity index (χ1n) is 9.25. The number of aromatic nitrogens is 3. The number of anilines is 2. The normalized spacial score (nSPS) is 15.7. The van der Waals surface area contributed by atoms with Crippen molar-refractivity contribution in [2.75, 3.05) is 22.9 Å². The number of nitrogens with zero attached hydrogens (tertiary/aromatic N) is 3. The fraction of sp³-hybridized carbons (Fsp3) is 0.200. The van der Waals surface area contributed by atoms with E-state index in [4.69, 9.17) is 4.74 Å². The van der Waals surface area contributed by atoms with E-state index < -0.39 is 10.0 Å². The number of rotatable bonds is 6. The first kappa shape index (κ1) is 20.4. The van der Waals surface area contributed by atoms with Gasteiger partial charge in [0.05, 0.1) is 12.9 Å². The van der Waals surface area contributed by atoms with Crippen LogP contribution in [0.2, 0.25) is 0 Å². The van der Waals surface area contributed by atoms with Crippen LogP contribution in [0.3, 0.4) is 0 Å². The second-order valence-electron chi connectivity index (χ2n) is 6.61. The van der Waals surface area contributed by atoms with Gasteiger partial charge in [0.2, 0.25) is 16.0 Å². The maximum absolute atomic E-state index is 12.0. The lowest BCUT2D eigenvalue weighted by atomic mass is 10.0. The van der Waals surface area contributed by atoms with Crippen LogP contribution in [0.5, 0.6) is 5.75 Å². The van der Waals surface area contributed by atoms with Gasteiger partial charge in [0.1, 0.15) is 11.8 Å². The fourth-order valence-electron chi connectivity index (χ4n) is 3.18. The molecule has 1 aliphatic rings. The smallest absolute Gasteiger partial charge is 0.257 e. The molecule has 0 saturated carbocycles. The van der Waals surface area contributed by atoms with E-state index in [-0.39, 0.29) is 17.7 Å². The molecular formula is C20H20BrN5O3S. The van der Waals surface area contributed by atoms with Gasteiger partial charge in [-0.15, -0.1) is 5.10 Å². The standard InChI is InChI=1S/C20H20BrN5O3S/c1-3-30(27,28)25-19-23-20-22-16(13-8-10-14(21)11-9-13)12-17(26(20)24-19)15-6-4-5-7-18(15)29-2/h4-12,17H,3H2,1-2H3,(H2,22,23,24,25). The zero-order valence-electron chi connectivity index (χ0n) is 16.3. The molecule has 30 heavy (non-hydrogen) atoms. The lowest BCUT2D eigenvalue weighted by Crippen LogP contribution is -2.21. The monoisotopic (exact) mass is 489 g/mol. The summed E-state index contributed by atoms with van der Waals surface area (Å²) in [6.07, 6.45) is 2.01. The number of ether oxygens (including phenoxy) is 1. The van der Waals surface area contributed by atoms with Crippen LogP contribution in [-0.4, -0.2) is 36.0 Å². The molecule has 1 unspecified atom stereocenters. The van der Waals surface area contributed by atoms with Gasteiger partial charge in [0.15, 0.2) is 0 Å². The molecule has 1 aromatic heterocycles. The molecular weight excluding hydrogens is 470 g/mol. The van der Waals surface area contributed by atoms with Crippen molar-refractivity contribution >= 4 is 43.5 Å². The van der Waals surface area contributed by atoms with Crippen LogP contribution in [0.15, 0.2) is 59.1 Å². The lowest BCUT2D eigenvalue weighted by Gasteiger charge is -2.25. The van der Waals surface area contributed by atoms with E-state index in [1.165, 1.54) is 0 Å². The molecule has 156 valence electrons. The number of methoxy groups -OCH3 is 1. The van der Waals surface area contributed by atoms with E-state index in [2.05, 4.69) is 36.1 Å². The Balaban J connectivity index is 1.82. The van der Waals surface area contributed by atoms with Gasteiger partial charge in [-0.2, -0.15) is 4.98 Å². The van der Waals surface area contributed by atoms with Gasteiger partial charge in [-0.05, 0) is 36.8 Å². The number of hydrogen-bond acceptors (Lipinski definition) is 6. The first-order chi connectivity index (χ1) is 14.4. The number of allylic oxidation sites excluding steroid dienone is 1. The van der Waals surface area contributed by atoms with Crippen LogP contribution >= 0.6 is 15.9 Å². The van der Waals surface area contributed by atoms with Gasteiger partial charge < -0.3 is 10.1 Å². The molecule has 2 heterocycles. The van der Waals surface area contributed by atoms with Crippen molar-refractivity contribution in [2.45, 2.75) is 13.0 Å². The Kier molecular flexibility index (Phi) is 5.52. The molecule has 1 aliphatic heterocycles. The molecule has 0 bridgehead atoms. The highest BCUT2D eigenvalue weighted by Crippen LogP contribution is 2.37. The summed E-state index contributed by atoms with van der Waals surface area (Å²) in [7, 11) is -1.89. The van der Waals surface area contributed by atoms with E-state index in [1.807, 2.05) is 54.6 Å². The van der Waals surface area contributed by atoms with Gasteiger partial charge in [-0.25, -0.2) is 17.8 Å². The van der Waals surface area contributed by atoms with E-state index >= 15 is 0 Å². The van der Waals surface area contributed by atoms with Crippen molar-refractivity contribution in [3.05, 3.63) is 70.2 Å². The molecule has 0 aliphatic carbocycles. The zero-order valence-corrected chi connectivity index (χ0v) is 18.7. The molecule has 8 nitrogen and oxygen atoms in total. The van der Waals surface area contributed by atoms with E-state index in [0.29, 0.717) is 11.7 Å². The van der Waals surface area contributed by atoms with Crippen LogP contribution in [0.1, 0.15) is 24.1 Å². The van der Waals surface area contributed by atoms with Crippen LogP contribution in [0.4, 0.5) is 11.9 Å². The van der Waals surface area contributed by atoms with Gasteiger partial charge >= 0.3 is 0 Å². The average Bonchev–Trinajstić information content (AvgIpc) is 3.15. The summed E-state index contributed by atoms with van der Waals surface area (Å²) in [6.45, 7) is 1.56. The minimum Gasteiger partial charge on any atom is -0.496 e. The minimum absolute atomic E-state index is 0.0182. The minimum atomic E-state index is -3.50. The Morgan fingerprint density at radius 2 is 1.93 bits per heavy atom. The van der Waals surface area contributed by atoms with Crippen molar-refractivity contribution in [3.63, 3.8) is 0 Å². The van der Waals surface area contributed by atoms with Crippen molar-refractivity contribution in [3.8, 4) is 5.75 Å². The van der Waals surface area contributed by atoms with Crippen molar-refractivity contribution in [2.24, 2.45) is 0 Å². The SMILES string of the molecule is CCS(=O)(=O)Nc1nc2n(n1)C(c1ccccc1OC)C=C(c1ccc(Br)cc1)N2. The molecule has 0 spiro atoms. The Labute approximate surface area is 183 Å². The third-order valence-electron chi connectivity index (χ3n) is 4.71. The number of sulfonamides is 1. The largest absolute Gasteiger partial charge is 0.496 e. The second-order valence-corrected chi connectivity index (χ2v) is 9.53. The Hall–Kier alpha value is -2.85. The highest BCUT2D eigenvalue weighted by molar-refractivity contribution is 9.10. The summed E-state index contributed by atoms with van der Waals surface area (Å²) in [5.74, 6) is 1.08. The Morgan fingerprint density at radius 3 is 2.63 bits per heavy atom. The summed E-state index contributed by atoms with van der Waals surface area (Å²) in [4.78, 5) is 4.37. The topological polar surface area (TPSA) is 98.1 Å². The molecule has 0 saturated heterocycles. The predicted molar refractivity (Wildman–Crippen MR) is 120 cm³/mol. The Bertz CT molecular complexity index is 1210. The van der Waals surface area contributed by atoms with Crippen molar-refractivity contribution < 1.29 is 13.2 Å². The molecule has 2 aromatic carbocycles. The number of para-hydroxylation sites is 1. The molecule has 10 heteroatoms. The number of hydrogen-bond donors (Lipinski definition) is 2. The highest BCUT2D eigenvalue weighted by atomic mass is 79.9. The average molecular weight is 490 g/mol. The quantitative estimate of drug-likeness (QED) is 0.545. The van der Waals surface area contributed by atoms with Crippen LogP contribution in [0.25, 0.3) is 5.70 Å². The molecule has 1 atom stereocenters. The Morgan fingerprint density at radius 1 is 1.20 bits per heavy atom. The maximum Gasteiger partial charge on any atom is 0.257 e. The van der Waals surface area contributed by atoms with Gasteiger partial charge in [-0.3, -0.25) is 0 Å². The molecule has 0 amide bonds. The summed E-state index contributed by atoms with van der Waals surface area (Å²) in [5, 5.41) is 7.66. The molecule has 2 N–H and O–H groups in total. The summed E-state index contributed by atoms with van der Waals surface area (Å²) >= 11 is 3.45. The van der Waals surface area contributed by atoms with E-state index in [1.54, 1.807) is 18.7 Å². The van der Waals surface area contributed by atoms with Crippen LogP contribution in [0, 0.1) is 0 Å². The number of benzene rings is 2. The first-order valence-corrected chi connectivity index (χ1v) is 11.7. The van der Waals surface area contributed by atoms with Gasteiger partial charge in [-0.1, -0.05) is 46.3 Å². The summed E-state index contributed by atoms with van der Waals surface area (Å²) in [5.41, 5.74) is 2.68. The third-order valence-corrected chi connectivity index (χ3v) is 6.49. The van der Waals surface area contributed by atoms with Crippen molar-refractivity contribution in [1.82, 2.24) is 14.8 Å². The number of fused-ring (bicyclic) bond motifs is 1. The molecule has 0 fully saturated rings. The molecule has 4 rings (SSSR count).